The summed E-state index contributed by atoms with van der Waals surface area (Å²) in [7, 11) is 1.43. The quantitative estimate of drug-likeness (QED) is 0.862. The Hall–Kier alpha value is -0.390. The Morgan fingerprint density at radius 3 is 3.00 bits per heavy atom. The van der Waals surface area contributed by atoms with Crippen LogP contribution in [0.4, 0.5) is 0 Å². The number of nitrogens with one attached hydrogen (secondary N) is 1. The highest BCUT2D eigenvalue weighted by atomic mass is 79.9. The molecule has 0 spiro atoms. The van der Waals surface area contributed by atoms with Crippen molar-refractivity contribution >= 4 is 33.2 Å². The molecule has 1 N–H and O–H groups in total. The number of ether oxygens (including phenoxy) is 1. The lowest BCUT2D eigenvalue weighted by molar-refractivity contribution is -0.147. The third kappa shape index (κ3) is 2.78. The first kappa shape index (κ1) is 14.0. The van der Waals surface area contributed by atoms with E-state index in [1.165, 1.54) is 17.6 Å². The van der Waals surface area contributed by atoms with Gasteiger partial charge in [0.1, 0.15) is 5.54 Å². The second-order valence-electron chi connectivity index (χ2n) is 5.13. The summed E-state index contributed by atoms with van der Waals surface area (Å²) in [4.78, 5) is 13.2. The van der Waals surface area contributed by atoms with Crippen LogP contribution in [0.5, 0.6) is 0 Å². The van der Waals surface area contributed by atoms with Gasteiger partial charge in [0.25, 0.3) is 0 Å². The molecule has 1 aliphatic rings. The molecule has 0 amide bonds. The van der Waals surface area contributed by atoms with Gasteiger partial charge in [-0.05, 0) is 60.7 Å². The number of carbonyl (C=O) groups excluding carboxylic acids is 1. The molecule has 0 saturated carbocycles. The van der Waals surface area contributed by atoms with Crippen LogP contribution in [-0.4, -0.2) is 18.6 Å². The Balaban J connectivity index is 2.18. The Morgan fingerprint density at radius 2 is 2.33 bits per heavy atom. The topological polar surface area (TPSA) is 38.3 Å². The third-order valence-corrected chi connectivity index (χ3v) is 5.03. The lowest BCUT2D eigenvalue weighted by atomic mass is 9.91. The Morgan fingerprint density at radius 1 is 1.61 bits per heavy atom. The molecule has 0 bridgehead atoms. The summed E-state index contributed by atoms with van der Waals surface area (Å²) < 4.78 is 6.01. The van der Waals surface area contributed by atoms with Crippen LogP contribution < -0.4 is 5.32 Å². The lowest BCUT2D eigenvalue weighted by Gasteiger charge is -2.32. The molecular formula is C13H18BrNO2S. The van der Waals surface area contributed by atoms with E-state index < -0.39 is 5.54 Å². The zero-order chi connectivity index (χ0) is 13.3. The van der Waals surface area contributed by atoms with E-state index in [-0.39, 0.29) is 12.0 Å². The molecule has 5 heteroatoms. The van der Waals surface area contributed by atoms with Crippen LogP contribution in [0.15, 0.2) is 9.85 Å². The Labute approximate surface area is 120 Å². The van der Waals surface area contributed by atoms with Gasteiger partial charge in [0.2, 0.25) is 0 Å². The first-order chi connectivity index (χ1) is 8.44. The number of hydrogen-bond acceptors (Lipinski definition) is 4. The largest absolute Gasteiger partial charge is 0.468 e. The van der Waals surface area contributed by atoms with Crippen LogP contribution in [0.1, 0.15) is 43.2 Å². The van der Waals surface area contributed by atoms with Crippen molar-refractivity contribution < 1.29 is 9.53 Å². The van der Waals surface area contributed by atoms with Crippen LogP contribution >= 0.6 is 27.3 Å². The number of esters is 1. The minimum Gasteiger partial charge on any atom is -0.468 e. The number of fused-ring (bicyclic) bond motifs is 1. The van der Waals surface area contributed by atoms with E-state index in [9.17, 15) is 4.79 Å². The van der Waals surface area contributed by atoms with Crippen molar-refractivity contribution in [3.05, 3.63) is 20.3 Å². The summed E-state index contributed by atoms with van der Waals surface area (Å²) in [5, 5.41) is 3.43. The summed E-state index contributed by atoms with van der Waals surface area (Å²) in [6.07, 6.45) is 3.37. The smallest absolute Gasteiger partial charge is 0.325 e. The fraction of sp³-hybridized carbons (Fsp3) is 0.615. The zero-order valence-electron chi connectivity index (χ0n) is 10.9. The van der Waals surface area contributed by atoms with Gasteiger partial charge in [-0.2, -0.15) is 0 Å². The van der Waals surface area contributed by atoms with Crippen LogP contribution in [0.3, 0.4) is 0 Å². The van der Waals surface area contributed by atoms with Crippen LogP contribution in [-0.2, 0) is 16.0 Å². The number of aryl methyl sites for hydroxylation is 1. The minimum atomic E-state index is -0.650. The van der Waals surface area contributed by atoms with Gasteiger partial charge in [0.05, 0.1) is 10.9 Å². The van der Waals surface area contributed by atoms with Crippen molar-refractivity contribution in [2.75, 3.05) is 7.11 Å². The van der Waals surface area contributed by atoms with Crippen molar-refractivity contribution in [1.29, 1.82) is 0 Å². The first-order valence-electron chi connectivity index (χ1n) is 6.08. The second kappa shape index (κ2) is 5.31. The monoisotopic (exact) mass is 331 g/mol. The Kier molecular flexibility index (Phi) is 4.14. The number of methoxy groups -OCH3 is 1. The molecule has 1 aliphatic carbocycles. The van der Waals surface area contributed by atoms with E-state index in [1.54, 1.807) is 11.3 Å². The number of halogens is 1. The maximum absolute atomic E-state index is 11.7. The molecule has 1 aromatic heterocycles. The maximum atomic E-state index is 11.7. The minimum absolute atomic E-state index is 0.219. The van der Waals surface area contributed by atoms with E-state index in [1.807, 2.05) is 13.8 Å². The highest BCUT2D eigenvalue weighted by Crippen LogP contribution is 2.38. The fourth-order valence-corrected chi connectivity index (χ4v) is 4.24. The van der Waals surface area contributed by atoms with Crippen molar-refractivity contribution in [3.8, 4) is 0 Å². The predicted octanol–water partition coefficient (Wildman–Crippen LogP) is 3.43. The van der Waals surface area contributed by atoms with Crippen LogP contribution in [0.25, 0.3) is 0 Å². The van der Waals surface area contributed by atoms with Crippen LogP contribution in [0, 0.1) is 0 Å². The number of carbonyl (C=O) groups is 1. The normalized spacial score (nSPS) is 19.4. The lowest BCUT2D eigenvalue weighted by Crippen LogP contribution is -2.49. The van der Waals surface area contributed by atoms with Crippen molar-refractivity contribution in [1.82, 2.24) is 5.32 Å². The molecule has 2 rings (SSSR count). The summed E-state index contributed by atoms with van der Waals surface area (Å²) in [5.41, 5.74) is 0.678. The van der Waals surface area contributed by atoms with Crippen molar-refractivity contribution in [2.45, 2.75) is 44.7 Å². The molecule has 0 saturated heterocycles. The summed E-state index contributed by atoms with van der Waals surface area (Å²) in [6, 6.07) is 2.41. The van der Waals surface area contributed by atoms with Crippen LogP contribution in [0.2, 0.25) is 0 Å². The van der Waals surface area contributed by atoms with Gasteiger partial charge in [-0.15, -0.1) is 11.3 Å². The number of rotatable bonds is 3. The SMILES string of the molecule is COC(=O)C(C)(C)NC1CCCc2sc(Br)cc21. The fourth-order valence-electron chi connectivity index (χ4n) is 2.42. The Bertz CT molecular complexity index is 456. The molecule has 0 aromatic carbocycles. The summed E-state index contributed by atoms with van der Waals surface area (Å²) in [6.45, 7) is 3.74. The molecule has 0 radical (unpaired) electrons. The molecule has 100 valence electrons. The summed E-state index contributed by atoms with van der Waals surface area (Å²) in [5.74, 6) is -0.219. The molecule has 1 heterocycles. The highest BCUT2D eigenvalue weighted by molar-refractivity contribution is 9.11. The van der Waals surface area contributed by atoms with Gasteiger partial charge in [0.15, 0.2) is 0 Å². The second-order valence-corrected chi connectivity index (χ2v) is 7.65. The third-order valence-electron chi connectivity index (χ3n) is 3.31. The zero-order valence-corrected chi connectivity index (χ0v) is 13.3. The van der Waals surface area contributed by atoms with Crippen molar-refractivity contribution in [3.63, 3.8) is 0 Å². The highest BCUT2D eigenvalue weighted by Gasteiger charge is 2.33. The van der Waals surface area contributed by atoms with E-state index in [4.69, 9.17) is 4.74 Å². The number of hydrogen-bond donors (Lipinski definition) is 1. The molecule has 3 nitrogen and oxygen atoms in total. The first-order valence-corrected chi connectivity index (χ1v) is 7.69. The molecule has 1 aromatic rings. The van der Waals surface area contributed by atoms with E-state index in [2.05, 4.69) is 27.3 Å². The molecule has 0 aliphatic heterocycles. The average molecular weight is 332 g/mol. The predicted molar refractivity (Wildman–Crippen MR) is 76.9 cm³/mol. The standard InChI is InChI=1S/C13H18BrNO2S/c1-13(2,12(16)17-3)15-9-5-4-6-10-8(9)7-11(14)18-10/h7,9,15H,4-6H2,1-3H3. The van der Waals surface area contributed by atoms with Gasteiger partial charge in [-0.25, -0.2) is 0 Å². The van der Waals surface area contributed by atoms with Gasteiger partial charge < -0.3 is 4.74 Å². The van der Waals surface area contributed by atoms with E-state index in [0.717, 1.165) is 23.0 Å². The molecule has 1 atom stereocenters. The van der Waals surface area contributed by atoms with Crippen molar-refractivity contribution in [2.24, 2.45) is 0 Å². The molecule has 18 heavy (non-hydrogen) atoms. The molecule has 1 unspecified atom stereocenters. The van der Waals surface area contributed by atoms with E-state index in [0.29, 0.717) is 0 Å². The van der Waals surface area contributed by atoms with E-state index >= 15 is 0 Å². The number of thiophene rings is 1. The van der Waals surface area contributed by atoms with Gasteiger partial charge in [-0.3, -0.25) is 10.1 Å². The van der Waals surface area contributed by atoms with Gasteiger partial charge in [-0.1, -0.05) is 0 Å². The average Bonchev–Trinajstić information content (AvgIpc) is 2.69. The van der Waals surface area contributed by atoms with Gasteiger partial charge in [0, 0.05) is 10.9 Å². The summed E-state index contributed by atoms with van der Waals surface area (Å²) >= 11 is 5.34. The maximum Gasteiger partial charge on any atom is 0.325 e. The van der Waals surface area contributed by atoms with Gasteiger partial charge >= 0.3 is 5.97 Å². The molecular weight excluding hydrogens is 314 g/mol. The molecule has 0 fully saturated rings.